The van der Waals surface area contributed by atoms with Crippen molar-refractivity contribution in [2.45, 2.75) is 46.3 Å². The van der Waals surface area contributed by atoms with Crippen LogP contribution in [-0.4, -0.2) is 19.1 Å². The van der Waals surface area contributed by atoms with Crippen LogP contribution in [0.3, 0.4) is 0 Å². The van der Waals surface area contributed by atoms with Crippen LogP contribution in [0.5, 0.6) is 11.5 Å². The molecule has 0 aliphatic carbocycles. The van der Waals surface area contributed by atoms with Gasteiger partial charge in [0.05, 0.1) is 7.11 Å². The molecule has 4 nitrogen and oxygen atoms in total. The van der Waals surface area contributed by atoms with Crippen molar-refractivity contribution in [3.8, 4) is 11.5 Å². The summed E-state index contributed by atoms with van der Waals surface area (Å²) >= 11 is 0. The number of amides is 1. The minimum atomic E-state index is -0.0691. The van der Waals surface area contributed by atoms with Crippen LogP contribution >= 0.6 is 0 Å². The zero-order valence-electron chi connectivity index (χ0n) is 15.5. The maximum absolute atomic E-state index is 12.4. The summed E-state index contributed by atoms with van der Waals surface area (Å²) in [6.45, 7) is 6.50. The maximum Gasteiger partial charge on any atom is 0.251 e. The molecule has 1 N–H and O–H groups in total. The Morgan fingerprint density at radius 3 is 2.68 bits per heavy atom. The minimum absolute atomic E-state index is 0.0691. The topological polar surface area (TPSA) is 47.6 Å². The molecule has 2 aromatic carbocycles. The largest absolute Gasteiger partial charge is 0.496 e. The Morgan fingerprint density at radius 1 is 1.20 bits per heavy atom. The second-order valence-electron chi connectivity index (χ2n) is 6.29. The van der Waals surface area contributed by atoms with Gasteiger partial charge in [-0.15, -0.1) is 0 Å². The number of rotatable bonds is 8. The number of methoxy groups -OCH3 is 1. The molecular formula is C21H27NO3. The van der Waals surface area contributed by atoms with Crippen molar-refractivity contribution >= 4 is 5.91 Å². The molecule has 0 aliphatic rings. The van der Waals surface area contributed by atoms with Crippen molar-refractivity contribution in [2.24, 2.45) is 0 Å². The van der Waals surface area contributed by atoms with Crippen LogP contribution in [-0.2, 0) is 6.61 Å². The summed E-state index contributed by atoms with van der Waals surface area (Å²) in [6, 6.07) is 13.5. The van der Waals surface area contributed by atoms with Crippen LogP contribution in [0.25, 0.3) is 0 Å². The van der Waals surface area contributed by atoms with Crippen LogP contribution in [0.2, 0.25) is 0 Å². The van der Waals surface area contributed by atoms with E-state index in [2.05, 4.69) is 12.2 Å². The Hall–Kier alpha value is -2.49. The lowest BCUT2D eigenvalue weighted by molar-refractivity contribution is 0.0938. The molecule has 2 aromatic rings. The van der Waals surface area contributed by atoms with E-state index in [0.29, 0.717) is 17.9 Å². The number of nitrogens with one attached hydrogen (secondary N) is 1. The van der Waals surface area contributed by atoms with Crippen LogP contribution in [0, 0.1) is 6.92 Å². The van der Waals surface area contributed by atoms with E-state index in [1.54, 1.807) is 13.2 Å². The van der Waals surface area contributed by atoms with Gasteiger partial charge in [-0.2, -0.15) is 0 Å². The predicted octanol–water partition coefficient (Wildman–Crippen LogP) is 4.50. The maximum atomic E-state index is 12.4. The van der Waals surface area contributed by atoms with Crippen molar-refractivity contribution in [3.63, 3.8) is 0 Å². The van der Waals surface area contributed by atoms with Crippen molar-refractivity contribution in [1.82, 2.24) is 5.32 Å². The number of hydrogen-bond acceptors (Lipinski definition) is 3. The fourth-order valence-corrected chi connectivity index (χ4v) is 2.71. The van der Waals surface area contributed by atoms with Gasteiger partial charge in [-0.25, -0.2) is 0 Å². The van der Waals surface area contributed by atoms with Gasteiger partial charge in [-0.1, -0.05) is 25.5 Å². The van der Waals surface area contributed by atoms with Gasteiger partial charge in [-0.05, 0) is 56.2 Å². The Morgan fingerprint density at radius 2 is 2.00 bits per heavy atom. The van der Waals surface area contributed by atoms with Gasteiger partial charge in [0.1, 0.15) is 18.1 Å². The molecule has 25 heavy (non-hydrogen) atoms. The Balaban J connectivity index is 2.12. The molecule has 0 aliphatic heterocycles. The number of aryl methyl sites for hydroxylation is 1. The normalized spacial score (nSPS) is 11.7. The van der Waals surface area contributed by atoms with Crippen molar-refractivity contribution in [3.05, 3.63) is 59.2 Å². The third-order valence-corrected chi connectivity index (χ3v) is 4.03. The van der Waals surface area contributed by atoms with E-state index in [9.17, 15) is 4.79 Å². The summed E-state index contributed by atoms with van der Waals surface area (Å²) in [4.78, 5) is 12.4. The molecule has 0 aromatic heterocycles. The molecule has 2 rings (SSSR count). The SMILES string of the molecule is CCC[C@H](C)NC(=O)c1ccc(OC)c(COc2cccc(C)c2)c1. The summed E-state index contributed by atoms with van der Waals surface area (Å²) in [7, 11) is 1.62. The molecule has 0 bridgehead atoms. The summed E-state index contributed by atoms with van der Waals surface area (Å²) in [5.74, 6) is 1.44. The molecule has 0 heterocycles. The molecule has 4 heteroatoms. The van der Waals surface area contributed by atoms with E-state index in [0.717, 1.165) is 29.7 Å². The zero-order chi connectivity index (χ0) is 18.2. The molecule has 0 saturated heterocycles. The Kier molecular flexibility index (Phi) is 6.87. The van der Waals surface area contributed by atoms with Crippen LogP contribution < -0.4 is 14.8 Å². The highest BCUT2D eigenvalue weighted by Gasteiger charge is 2.13. The van der Waals surface area contributed by atoms with Gasteiger partial charge < -0.3 is 14.8 Å². The highest BCUT2D eigenvalue weighted by atomic mass is 16.5. The first-order valence-electron chi connectivity index (χ1n) is 8.70. The van der Waals surface area contributed by atoms with E-state index in [1.807, 2.05) is 50.2 Å². The smallest absolute Gasteiger partial charge is 0.251 e. The van der Waals surface area contributed by atoms with Crippen LogP contribution in [0.1, 0.15) is 48.2 Å². The summed E-state index contributed by atoms with van der Waals surface area (Å²) in [6.07, 6.45) is 2.00. The van der Waals surface area contributed by atoms with Crippen LogP contribution in [0.15, 0.2) is 42.5 Å². The number of carbonyl (C=O) groups is 1. The third-order valence-electron chi connectivity index (χ3n) is 4.03. The van der Waals surface area contributed by atoms with E-state index in [4.69, 9.17) is 9.47 Å². The highest BCUT2D eigenvalue weighted by Crippen LogP contribution is 2.23. The molecule has 0 fully saturated rings. The van der Waals surface area contributed by atoms with Gasteiger partial charge >= 0.3 is 0 Å². The molecule has 0 unspecified atom stereocenters. The fourth-order valence-electron chi connectivity index (χ4n) is 2.71. The lowest BCUT2D eigenvalue weighted by Gasteiger charge is -2.15. The summed E-state index contributed by atoms with van der Waals surface area (Å²) in [5, 5.41) is 3.02. The lowest BCUT2D eigenvalue weighted by atomic mass is 10.1. The van der Waals surface area contributed by atoms with Gasteiger partial charge in [-0.3, -0.25) is 4.79 Å². The average Bonchev–Trinajstić information content (AvgIpc) is 2.60. The van der Waals surface area contributed by atoms with Crippen molar-refractivity contribution in [2.75, 3.05) is 7.11 Å². The second kappa shape index (κ2) is 9.11. The molecule has 1 amide bonds. The van der Waals surface area contributed by atoms with Crippen molar-refractivity contribution < 1.29 is 14.3 Å². The number of benzene rings is 2. The fraction of sp³-hybridized carbons (Fsp3) is 0.381. The van der Waals surface area contributed by atoms with Crippen molar-refractivity contribution in [1.29, 1.82) is 0 Å². The summed E-state index contributed by atoms with van der Waals surface area (Å²) in [5.41, 5.74) is 2.61. The first-order valence-corrected chi connectivity index (χ1v) is 8.70. The van der Waals surface area contributed by atoms with E-state index in [-0.39, 0.29) is 11.9 Å². The third kappa shape index (κ3) is 5.52. The molecule has 0 spiro atoms. The predicted molar refractivity (Wildman–Crippen MR) is 100 cm³/mol. The molecule has 1 atom stereocenters. The van der Waals surface area contributed by atoms with E-state index < -0.39 is 0 Å². The minimum Gasteiger partial charge on any atom is -0.496 e. The molecule has 0 saturated carbocycles. The molecule has 134 valence electrons. The average molecular weight is 341 g/mol. The van der Waals surface area contributed by atoms with E-state index in [1.165, 1.54) is 0 Å². The molecule has 0 radical (unpaired) electrons. The first kappa shape index (κ1) is 18.8. The number of carbonyl (C=O) groups excluding carboxylic acids is 1. The molecular weight excluding hydrogens is 314 g/mol. The van der Waals surface area contributed by atoms with Gasteiger partial charge in [0.25, 0.3) is 5.91 Å². The Labute approximate surface area is 150 Å². The quantitative estimate of drug-likeness (QED) is 0.769. The Bertz CT molecular complexity index is 712. The monoisotopic (exact) mass is 341 g/mol. The standard InChI is InChI=1S/C21H27NO3/c1-5-7-16(3)22-21(23)17-10-11-20(24-4)18(13-17)14-25-19-9-6-8-15(2)12-19/h6,8-13,16H,5,7,14H2,1-4H3,(H,22,23)/t16-/m0/s1. The van der Waals surface area contributed by atoms with Crippen LogP contribution in [0.4, 0.5) is 0 Å². The van der Waals surface area contributed by atoms with Gasteiger partial charge in [0, 0.05) is 17.2 Å². The van der Waals surface area contributed by atoms with E-state index >= 15 is 0 Å². The summed E-state index contributed by atoms with van der Waals surface area (Å²) < 4.78 is 11.3. The second-order valence-corrected chi connectivity index (χ2v) is 6.29. The van der Waals surface area contributed by atoms with Gasteiger partial charge in [0.15, 0.2) is 0 Å². The number of hydrogen-bond donors (Lipinski definition) is 1. The highest BCUT2D eigenvalue weighted by molar-refractivity contribution is 5.94. The zero-order valence-corrected chi connectivity index (χ0v) is 15.5. The first-order chi connectivity index (χ1) is 12.0. The lowest BCUT2D eigenvalue weighted by Crippen LogP contribution is -2.32. The van der Waals surface area contributed by atoms with Gasteiger partial charge in [0.2, 0.25) is 0 Å². The number of ether oxygens (including phenoxy) is 2.